The minimum absolute atomic E-state index is 0. The number of piperazine rings is 1. The Bertz CT molecular complexity index is 313. The van der Waals surface area contributed by atoms with Crippen LogP contribution in [0, 0.1) is 0 Å². The second kappa shape index (κ2) is 8.57. The first-order chi connectivity index (χ1) is 7.31. The average Bonchev–Trinajstić information content (AvgIpc) is 2.68. The monoisotopic (exact) mass is 316 g/mol. The molecule has 0 aromatic carbocycles. The molecule has 1 aliphatic heterocycles. The van der Waals surface area contributed by atoms with Crippen LogP contribution in [0.4, 0.5) is 0 Å². The van der Waals surface area contributed by atoms with E-state index in [1.54, 1.807) is 11.3 Å². The van der Waals surface area contributed by atoms with Crippen molar-refractivity contribution in [3.8, 4) is 0 Å². The van der Waals surface area contributed by atoms with Crippen LogP contribution in [0.3, 0.4) is 0 Å². The molecule has 1 saturated heterocycles. The van der Waals surface area contributed by atoms with E-state index in [2.05, 4.69) is 23.2 Å². The van der Waals surface area contributed by atoms with Crippen molar-refractivity contribution in [3.05, 3.63) is 21.3 Å². The molecule has 1 aromatic heterocycles. The number of halogens is 3. The predicted octanol–water partition coefficient (Wildman–Crippen LogP) is 3.60. The van der Waals surface area contributed by atoms with Crippen LogP contribution in [0.1, 0.15) is 24.3 Å². The molecule has 2 rings (SSSR count). The van der Waals surface area contributed by atoms with Gasteiger partial charge < -0.3 is 5.32 Å². The van der Waals surface area contributed by atoms with E-state index in [0.29, 0.717) is 6.04 Å². The predicted molar refractivity (Wildman–Crippen MR) is 81.3 cm³/mol. The molecule has 100 valence electrons. The molecule has 1 aromatic rings. The minimum Gasteiger partial charge on any atom is -0.314 e. The van der Waals surface area contributed by atoms with Gasteiger partial charge in [0.2, 0.25) is 0 Å². The van der Waals surface area contributed by atoms with Crippen LogP contribution in [0.5, 0.6) is 0 Å². The molecule has 2 nitrogen and oxygen atoms in total. The highest BCUT2D eigenvalue weighted by Gasteiger charge is 2.21. The molecule has 0 radical (unpaired) electrons. The summed E-state index contributed by atoms with van der Waals surface area (Å²) in [4.78, 5) is 3.96. The summed E-state index contributed by atoms with van der Waals surface area (Å²) in [5.74, 6) is 0. The Kier molecular flexibility index (Phi) is 8.81. The van der Waals surface area contributed by atoms with Gasteiger partial charge in [0, 0.05) is 37.1 Å². The van der Waals surface area contributed by atoms with E-state index in [4.69, 9.17) is 11.6 Å². The molecule has 6 heteroatoms. The van der Waals surface area contributed by atoms with Gasteiger partial charge in [0.15, 0.2) is 0 Å². The van der Waals surface area contributed by atoms with Crippen LogP contribution < -0.4 is 5.32 Å². The molecule has 1 N–H and O–H groups in total. The smallest absolute Gasteiger partial charge is 0.0931 e. The third kappa shape index (κ3) is 4.58. The molecule has 1 atom stereocenters. The van der Waals surface area contributed by atoms with E-state index in [1.165, 1.54) is 4.88 Å². The van der Waals surface area contributed by atoms with Gasteiger partial charge in [-0.2, -0.15) is 0 Å². The molecule has 0 spiro atoms. The third-order valence-corrected chi connectivity index (χ3v) is 4.23. The molecule has 0 saturated carbocycles. The maximum absolute atomic E-state index is 5.99. The van der Waals surface area contributed by atoms with Crippen molar-refractivity contribution in [2.75, 3.05) is 26.2 Å². The number of nitrogens with one attached hydrogen (secondary N) is 1. The van der Waals surface area contributed by atoms with Crippen LogP contribution in [0.25, 0.3) is 0 Å². The highest BCUT2D eigenvalue weighted by molar-refractivity contribution is 7.16. The van der Waals surface area contributed by atoms with Crippen molar-refractivity contribution >= 4 is 47.8 Å². The summed E-state index contributed by atoms with van der Waals surface area (Å²) in [6.07, 6.45) is 1.16. The Morgan fingerprint density at radius 2 is 2.00 bits per heavy atom. The Balaban J connectivity index is 0.00000128. The topological polar surface area (TPSA) is 15.3 Å². The van der Waals surface area contributed by atoms with Gasteiger partial charge in [-0.15, -0.1) is 36.2 Å². The van der Waals surface area contributed by atoms with E-state index in [9.17, 15) is 0 Å². The second-order valence-electron chi connectivity index (χ2n) is 3.85. The number of nitrogens with zero attached hydrogens (tertiary/aromatic N) is 1. The van der Waals surface area contributed by atoms with Gasteiger partial charge in [-0.3, -0.25) is 4.90 Å². The highest BCUT2D eigenvalue weighted by atomic mass is 35.5. The van der Waals surface area contributed by atoms with Gasteiger partial charge in [0.05, 0.1) is 4.34 Å². The molecule has 0 aliphatic carbocycles. The van der Waals surface area contributed by atoms with Crippen molar-refractivity contribution in [2.24, 2.45) is 0 Å². The fourth-order valence-corrected chi connectivity index (χ4v) is 3.42. The first-order valence-corrected chi connectivity index (χ1v) is 6.70. The van der Waals surface area contributed by atoms with Crippen molar-refractivity contribution in [3.63, 3.8) is 0 Å². The Labute approximate surface area is 125 Å². The minimum atomic E-state index is 0. The van der Waals surface area contributed by atoms with Gasteiger partial charge >= 0.3 is 0 Å². The molecule has 17 heavy (non-hydrogen) atoms. The largest absolute Gasteiger partial charge is 0.314 e. The van der Waals surface area contributed by atoms with Crippen molar-refractivity contribution in [2.45, 2.75) is 19.4 Å². The molecule has 2 heterocycles. The standard InChI is InChI=1S/C11H17ClN2S.2ClH/c1-2-9(10-3-4-11(12)15-10)14-7-5-13-6-8-14;;/h3-4,9,13H,2,5-8H2,1H3;2*1H/t9-;;/m1../s1. The lowest BCUT2D eigenvalue weighted by Gasteiger charge is -2.33. The summed E-state index contributed by atoms with van der Waals surface area (Å²) in [6, 6.07) is 4.74. The van der Waals surface area contributed by atoms with Crippen LogP contribution >= 0.6 is 47.8 Å². The van der Waals surface area contributed by atoms with Gasteiger partial charge in [-0.05, 0) is 18.6 Å². The van der Waals surface area contributed by atoms with E-state index in [-0.39, 0.29) is 24.8 Å². The van der Waals surface area contributed by atoms with E-state index < -0.39 is 0 Å². The van der Waals surface area contributed by atoms with Crippen molar-refractivity contribution in [1.82, 2.24) is 10.2 Å². The quantitative estimate of drug-likeness (QED) is 0.916. The summed E-state index contributed by atoms with van der Waals surface area (Å²) < 4.78 is 0.901. The van der Waals surface area contributed by atoms with Crippen LogP contribution in [-0.2, 0) is 0 Å². The summed E-state index contributed by atoms with van der Waals surface area (Å²) in [6.45, 7) is 6.76. The molecule has 0 bridgehead atoms. The number of hydrogen-bond donors (Lipinski definition) is 1. The van der Waals surface area contributed by atoms with Gasteiger partial charge in [0.1, 0.15) is 0 Å². The van der Waals surface area contributed by atoms with E-state index in [1.807, 2.05) is 6.07 Å². The summed E-state index contributed by atoms with van der Waals surface area (Å²) in [7, 11) is 0. The first kappa shape index (κ1) is 17.5. The van der Waals surface area contributed by atoms with Gasteiger partial charge in [-0.25, -0.2) is 0 Å². The fourth-order valence-electron chi connectivity index (χ4n) is 2.14. The van der Waals surface area contributed by atoms with Crippen LogP contribution in [0.15, 0.2) is 12.1 Å². The number of hydrogen-bond acceptors (Lipinski definition) is 3. The van der Waals surface area contributed by atoms with Crippen LogP contribution in [-0.4, -0.2) is 31.1 Å². The lowest BCUT2D eigenvalue weighted by Crippen LogP contribution is -2.44. The maximum atomic E-state index is 5.99. The van der Waals surface area contributed by atoms with Gasteiger partial charge in [-0.1, -0.05) is 18.5 Å². The first-order valence-electron chi connectivity index (χ1n) is 5.51. The van der Waals surface area contributed by atoms with Crippen molar-refractivity contribution in [1.29, 1.82) is 0 Å². The van der Waals surface area contributed by atoms with E-state index >= 15 is 0 Å². The Hall–Kier alpha value is 0.490. The highest BCUT2D eigenvalue weighted by Crippen LogP contribution is 2.32. The summed E-state index contributed by atoms with van der Waals surface area (Å²) in [5.41, 5.74) is 0. The zero-order valence-electron chi connectivity index (χ0n) is 9.82. The zero-order valence-corrected chi connectivity index (χ0v) is 13.0. The Morgan fingerprint density at radius 1 is 1.35 bits per heavy atom. The molecule has 0 unspecified atom stereocenters. The SMILES string of the molecule is CC[C@H](c1ccc(Cl)s1)N1CCNCC1.Cl.Cl. The average molecular weight is 318 g/mol. The number of rotatable bonds is 3. The lowest BCUT2D eigenvalue weighted by molar-refractivity contribution is 0.172. The normalized spacial score (nSPS) is 18.0. The molecule has 0 amide bonds. The second-order valence-corrected chi connectivity index (χ2v) is 5.60. The van der Waals surface area contributed by atoms with Crippen LogP contribution in [0.2, 0.25) is 4.34 Å². The molecular formula is C11H19Cl3N2S. The molecule has 1 aliphatic rings. The Morgan fingerprint density at radius 3 is 2.47 bits per heavy atom. The molecular weight excluding hydrogens is 299 g/mol. The fraction of sp³-hybridized carbons (Fsp3) is 0.636. The summed E-state index contributed by atoms with van der Waals surface area (Å²) >= 11 is 7.71. The zero-order chi connectivity index (χ0) is 10.7. The summed E-state index contributed by atoms with van der Waals surface area (Å²) in [5, 5.41) is 3.39. The maximum Gasteiger partial charge on any atom is 0.0931 e. The molecule has 1 fully saturated rings. The van der Waals surface area contributed by atoms with Crippen molar-refractivity contribution < 1.29 is 0 Å². The third-order valence-electron chi connectivity index (χ3n) is 2.90. The van der Waals surface area contributed by atoms with E-state index in [0.717, 1.165) is 36.9 Å². The van der Waals surface area contributed by atoms with Gasteiger partial charge in [0.25, 0.3) is 0 Å². The number of thiophene rings is 1. The lowest BCUT2D eigenvalue weighted by atomic mass is 10.1.